The summed E-state index contributed by atoms with van der Waals surface area (Å²) >= 11 is 4.16. The normalized spacial score (nSPS) is 14.0. The van der Waals surface area contributed by atoms with Gasteiger partial charge in [-0.2, -0.15) is 5.10 Å². The van der Waals surface area contributed by atoms with Gasteiger partial charge in [0.15, 0.2) is 5.69 Å². The number of aryl methyl sites for hydroxylation is 1. The van der Waals surface area contributed by atoms with E-state index in [9.17, 15) is 18.4 Å². The minimum Gasteiger partial charge on any atom is -0.365 e. The number of nitrogens with zero attached hydrogens (tertiary/aromatic N) is 3. The van der Waals surface area contributed by atoms with Crippen LogP contribution in [-0.2, 0) is 7.05 Å². The van der Waals surface area contributed by atoms with Gasteiger partial charge in [-0.05, 0) is 46.3 Å². The average molecular weight is 470 g/mol. The lowest BCUT2D eigenvalue weighted by molar-refractivity contribution is 0.100. The van der Waals surface area contributed by atoms with Crippen LogP contribution in [-0.4, -0.2) is 26.6 Å². The molecule has 0 bridgehead atoms. The topological polar surface area (TPSA) is 103 Å². The SMILES string of the molecule is Cn1cc(Br)c(C(=O)Nc2c(C(N)=O)sc3nc(C(F)F)cc(C4CC4)c23)n1. The van der Waals surface area contributed by atoms with Gasteiger partial charge in [0.2, 0.25) is 0 Å². The predicted octanol–water partition coefficient (Wildman–Crippen LogP) is 3.96. The highest BCUT2D eigenvalue weighted by Gasteiger charge is 2.32. The highest BCUT2D eigenvalue weighted by Crippen LogP contribution is 2.48. The third-order valence-corrected chi connectivity index (χ3v) is 6.09. The molecule has 0 radical (unpaired) electrons. The van der Waals surface area contributed by atoms with E-state index < -0.39 is 18.2 Å². The number of hydrogen-bond acceptors (Lipinski definition) is 5. The third-order valence-electron chi connectivity index (χ3n) is 4.41. The standard InChI is InChI=1S/C17H14BrF2N5O2S/c1-25-5-8(18)11(24-25)16(27)23-12-10-7(6-2-3-6)4-9(14(19)20)22-17(10)28-13(12)15(21)26/h4-6,14H,2-3H2,1H3,(H2,21,26)(H,23,27). The van der Waals surface area contributed by atoms with Crippen LogP contribution in [0.15, 0.2) is 16.7 Å². The lowest BCUT2D eigenvalue weighted by Gasteiger charge is -2.09. The van der Waals surface area contributed by atoms with E-state index in [1.807, 2.05) is 0 Å². The monoisotopic (exact) mass is 469 g/mol. The van der Waals surface area contributed by atoms with Gasteiger partial charge in [-0.25, -0.2) is 13.8 Å². The molecule has 7 nitrogen and oxygen atoms in total. The van der Waals surface area contributed by atoms with Crippen molar-refractivity contribution < 1.29 is 18.4 Å². The van der Waals surface area contributed by atoms with Crippen molar-refractivity contribution in [2.75, 3.05) is 5.32 Å². The number of primary amides is 1. The van der Waals surface area contributed by atoms with Crippen molar-refractivity contribution in [2.45, 2.75) is 25.2 Å². The zero-order valence-corrected chi connectivity index (χ0v) is 16.9. The van der Waals surface area contributed by atoms with Gasteiger partial charge >= 0.3 is 0 Å². The second-order valence-electron chi connectivity index (χ2n) is 6.52. The predicted molar refractivity (Wildman–Crippen MR) is 104 cm³/mol. The molecule has 1 aliphatic rings. The van der Waals surface area contributed by atoms with E-state index in [-0.39, 0.29) is 32.7 Å². The van der Waals surface area contributed by atoms with Crippen LogP contribution >= 0.6 is 27.3 Å². The largest absolute Gasteiger partial charge is 0.365 e. The van der Waals surface area contributed by atoms with Crippen LogP contribution in [0.3, 0.4) is 0 Å². The Hall–Kier alpha value is -2.40. The summed E-state index contributed by atoms with van der Waals surface area (Å²) in [5, 5.41) is 7.27. The summed E-state index contributed by atoms with van der Waals surface area (Å²) in [6.07, 6.45) is 0.580. The highest BCUT2D eigenvalue weighted by atomic mass is 79.9. The van der Waals surface area contributed by atoms with E-state index >= 15 is 0 Å². The van der Waals surface area contributed by atoms with E-state index in [0.717, 1.165) is 24.2 Å². The second kappa shape index (κ2) is 6.89. The Kier molecular flexibility index (Phi) is 4.66. The molecule has 0 atom stereocenters. The molecule has 0 aromatic carbocycles. The number of carbonyl (C=O) groups is 2. The quantitative estimate of drug-likeness (QED) is 0.589. The van der Waals surface area contributed by atoms with Crippen LogP contribution in [0, 0.1) is 0 Å². The fourth-order valence-corrected chi connectivity index (χ4v) is 4.63. The summed E-state index contributed by atoms with van der Waals surface area (Å²) in [7, 11) is 1.66. The number of nitrogens with one attached hydrogen (secondary N) is 1. The van der Waals surface area contributed by atoms with E-state index in [4.69, 9.17) is 5.73 Å². The second-order valence-corrected chi connectivity index (χ2v) is 8.37. The molecule has 2 amide bonds. The Bertz CT molecular complexity index is 1120. The number of thiophene rings is 1. The van der Waals surface area contributed by atoms with E-state index in [1.165, 1.54) is 10.7 Å². The fraction of sp³-hybridized carbons (Fsp3) is 0.294. The summed E-state index contributed by atoms with van der Waals surface area (Å²) in [5.74, 6) is -1.22. The fourth-order valence-electron chi connectivity index (χ4n) is 3.05. The average Bonchev–Trinajstić information content (AvgIpc) is 3.32. The molecule has 3 heterocycles. The Morgan fingerprint density at radius 1 is 1.43 bits per heavy atom. The van der Waals surface area contributed by atoms with Gasteiger partial charge in [0.1, 0.15) is 15.4 Å². The molecule has 3 N–H and O–H groups in total. The maximum absolute atomic E-state index is 13.3. The van der Waals surface area contributed by atoms with Gasteiger partial charge in [0.05, 0.1) is 10.2 Å². The van der Waals surface area contributed by atoms with Crippen LogP contribution in [0.5, 0.6) is 0 Å². The van der Waals surface area contributed by atoms with Crippen molar-refractivity contribution in [3.8, 4) is 0 Å². The molecular weight excluding hydrogens is 456 g/mol. The number of aromatic nitrogens is 3. The molecule has 1 aliphatic carbocycles. The summed E-state index contributed by atoms with van der Waals surface area (Å²) in [4.78, 5) is 29.0. The number of amides is 2. The Morgan fingerprint density at radius 3 is 2.68 bits per heavy atom. The first-order chi connectivity index (χ1) is 13.3. The van der Waals surface area contributed by atoms with Crippen LogP contribution in [0.2, 0.25) is 0 Å². The molecule has 0 unspecified atom stereocenters. The summed E-state index contributed by atoms with van der Waals surface area (Å²) < 4.78 is 28.5. The van der Waals surface area contributed by atoms with Crippen molar-refractivity contribution in [1.82, 2.24) is 14.8 Å². The molecule has 3 aromatic heterocycles. The first-order valence-corrected chi connectivity index (χ1v) is 9.93. The molecule has 28 heavy (non-hydrogen) atoms. The van der Waals surface area contributed by atoms with Gasteiger partial charge in [-0.15, -0.1) is 11.3 Å². The number of carbonyl (C=O) groups excluding carboxylic acids is 2. The molecule has 3 aromatic rings. The van der Waals surface area contributed by atoms with E-state index in [0.29, 0.717) is 15.4 Å². The maximum Gasteiger partial charge on any atom is 0.280 e. The minimum atomic E-state index is -2.73. The number of rotatable bonds is 5. The summed E-state index contributed by atoms with van der Waals surface area (Å²) in [6, 6.07) is 1.36. The Morgan fingerprint density at radius 2 is 2.14 bits per heavy atom. The molecular formula is C17H14BrF2N5O2S. The number of nitrogens with two attached hydrogens (primary N) is 1. The number of halogens is 3. The molecule has 0 spiro atoms. The number of pyridine rings is 1. The van der Waals surface area contributed by atoms with Crippen LogP contribution in [0.25, 0.3) is 10.2 Å². The van der Waals surface area contributed by atoms with E-state index in [2.05, 4.69) is 31.3 Å². The van der Waals surface area contributed by atoms with Crippen LogP contribution in [0.4, 0.5) is 14.5 Å². The summed E-state index contributed by atoms with van der Waals surface area (Å²) in [5.41, 5.74) is 6.11. The van der Waals surface area contributed by atoms with Gasteiger partial charge in [-0.1, -0.05) is 0 Å². The van der Waals surface area contributed by atoms with Crippen molar-refractivity contribution >= 4 is 55.0 Å². The zero-order valence-electron chi connectivity index (χ0n) is 14.5. The van der Waals surface area contributed by atoms with Crippen LogP contribution in [0.1, 0.15) is 56.6 Å². The van der Waals surface area contributed by atoms with Crippen molar-refractivity contribution in [3.05, 3.63) is 38.6 Å². The Balaban J connectivity index is 1.88. The maximum atomic E-state index is 13.3. The van der Waals surface area contributed by atoms with Crippen LogP contribution < -0.4 is 11.1 Å². The molecule has 1 saturated carbocycles. The molecule has 0 saturated heterocycles. The smallest absolute Gasteiger partial charge is 0.280 e. The Labute approximate surface area is 170 Å². The number of anilines is 1. The number of alkyl halides is 2. The lowest BCUT2D eigenvalue weighted by atomic mass is 10.0. The van der Waals surface area contributed by atoms with Gasteiger partial charge in [-0.3, -0.25) is 14.3 Å². The first-order valence-electron chi connectivity index (χ1n) is 8.32. The molecule has 11 heteroatoms. The molecule has 4 rings (SSSR count). The third kappa shape index (κ3) is 3.28. The van der Waals surface area contributed by atoms with E-state index in [1.54, 1.807) is 13.2 Å². The summed E-state index contributed by atoms with van der Waals surface area (Å²) in [6.45, 7) is 0. The van der Waals surface area contributed by atoms with Gasteiger partial charge < -0.3 is 11.1 Å². The van der Waals surface area contributed by atoms with Crippen molar-refractivity contribution in [3.63, 3.8) is 0 Å². The van der Waals surface area contributed by atoms with Crippen molar-refractivity contribution in [1.29, 1.82) is 0 Å². The van der Waals surface area contributed by atoms with Crippen molar-refractivity contribution in [2.24, 2.45) is 12.8 Å². The number of fused-ring (bicyclic) bond motifs is 1. The molecule has 0 aliphatic heterocycles. The zero-order chi connectivity index (χ0) is 20.2. The first kappa shape index (κ1) is 18.9. The van der Waals surface area contributed by atoms with Gasteiger partial charge in [0, 0.05) is 18.6 Å². The van der Waals surface area contributed by atoms with Gasteiger partial charge in [0.25, 0.3) is 18.2 Å². The molecule has 146 valence electrons. The minimum absolute atomic E-state index is 0.0659. The molecule has 1 fully saturated rings. The number of hydrogen-bond donors (Lipinski definition) is 2. The highest BCUT2D eigenvalue weighted by molar-refractivity contribution is 9.10. The lowest BCUT2D eigenvalue weighted by Crippen LogP contribution is -2.17.